The van der Waals surface area contributed by atoms with Gasteiger partial charge in [0.2, 0.25) is 0 Å². The van der Waals surface area contributed by atoms with Crippen LogP contribution in [0.3, 0.4) is 0 Å². The number of esters is 1. The van der Waals surface area contributed by atoms with Gasteiger partial charge in [0.25, 0.3) is 0 Å². The second kappa shape index (κ2) is 15.4. The molecule has 9 nitrogen and oxygen atoms in total. The Morgan fingerprint density at radius 3 is 2.18 bits per heavy atom. The quantitative estimate of drug-likeness (QED) is 0.186. The van der Waals surface area contributed by atoms with Gasteiger partial charge in [0.15, 0.2) is 0 Å². The summed E-state index contributed by atoms with van der Waals surface area (Å²) in [5.74, 6) is 1.83. The number of carbonyl (C=O) groups is 2. The number of ether oxygens (including phenoxy) is 2. The van der Waals surface area contributed by atoms with Crippen LogP contribution in [0.15, 0.2) is 0 Å². The van der Waals surface area contributed by atoms with Gasteiger partial charge in [-0.05, 0) is 6.92 Å². The molecule has 0 bridgehead atoms. The van der Waals surface area contributed by atoms with Gasteiger partial charge in [0, 0.05) is 0 Å². The first-order chi connectivity index (χ1) is 18.4. The van der Waals surface area contributed by atoms with Crippen LogP contribution in [-0.2, 0) is 20.7 Å². The number of methoxy groups -OCH3 is 1. The fraction of sp³-hybridized carbons (Fsp3) is 0.893. The fourth-order valence-corrected chi connectivity index (χ4v) is 20.8. The molecule has 1 aliphatic carbocycles. The number of amides is 1. The first kappa shape index (κ1) is 31.1. The van der Waals surface area contributed by atoms with E-state index in [4.69, 9.17) is 19.8 Å². The molecule has 2 aliphatic rings. The number of tetrazole rings is 1. The summed E-state index contributed by atoms with van der Waals surface area (Å²) in [6.07, 6.45) is 11.7. The Labute approximate surface area is 234 Å². The number of nitrogens with zero attached hydrogens (tertiary/aromatic N) is 5. The number of carbonyl (C=O) groups excluding carboxylic acids is 2. The van der Waals surface area contributed by atoms with E-state index in [0.29, 0.717) is 37.3 Å². The molecule has 0 aromatic carbocycles. The van der Waals surface area contributed by atoms with Crippen molar-refractivity contribution in [2.45, 2.75) is 118 Å². The summed E-state index contributed by atoms with van der Waals surface area (Å²) in [7, 11) is 1.37. The van der Waals surface area contributed by atoms with Crippen molar-refractivity contribution in [3.8, 4) is 0 Å². The SMILES string of the molecule is CCC[CH2][Sn]([CH2]CCC)([CH2]CCC)[n]1nn[11c](C[C@H]2CC[C@H]3CN(C(=O)OC)[C@H](C(=O)OCC)C[C@H]3C2)n1. The van der Waals surface area contributed by atoms with Crippen molar-refractivity contribution < 1.29 is 19.1 Å². The van der Waals surface area contributed by atoms with Crippen LogP contribution in [0.5, 0.6) is 0 Å². The maximum absolute atomic E-state index is 12.7. The van der Waals surface area contributed by atoms with E-state index in [1.807, 2.05) is 0 Å². The van der Waals surface area contributed by atoms with E-state index in [1.54, 1.807) is 11.8 Å². The Morgan fingerprint density at radius 2 is 1.61 bits per heavy atom. The van der Waals surface area contributed by atoms with Crippen LogP contribution in [0.2, 0.25) is 13.3 Å². The van der Waals surface area contributed by atoms with Gasteiger partial charge < -0.3 is 0 Å². The fourth-order valence-electron chi connectivity index (χ4n) is 6.69. The van der Waals surface area contributed by atoms with Crippen molar-refractivity contribution in [3.05, 3.63) is 5.82 Å². The number of fused-ring (bicyclic) bond motifs is 1. The predicted molar refractivity (Wildman–Crippen MR) is 150 cm³/mol. The third kappa shape index (κ3) is 7.84. The molecular weight excluding hydrogens is 588 g/mol. The first-order valence-corrected chi connectivity index (χ1v) is 22.5. The third-order valence-corrected chi connectivity index (χ3v) is 22.8. The van der Waals surface area contributed by atoms with Crippen molar-refractivity contribution >= 4 is 30.7 Å². The molecule has 0 radical (unpaired) electrons. The minimum absolute atomic E-state index is 0.309. The summed E-state index contributed by atoms with van der Waals surface area (Å²) in [6, 6.07) is -0.563. The molecule has 0 unspecified atom stereocenters. The normalized spacial score (nSPS) is 23.7. The molecule has 1 aliphatic heterocycles. The van der Waals surface area contributed by atoms with E-state index in [2.05, 4.69) is 28.9 Å². The average molecular weight is 639 g/mol. The van der Waals surface area contributed by atoms with Crippen LogP contribution in [0.25, 0.3) is 0 Å². The molecule has 2 fully saturated rings. The number of likely N-dealkylation sites (tertiary alicyclic amines) is 1. The van der Waals surface area contributed by atoms with E-state index in [-0.39, 0.29) is 5.97 Å². The van der Waals surface area contributed by atoms with E-state index in [9.17, 15) is 9.59 Å². The van der Waals surface area contributed by atoms with E-state index in [0.717, 1.165) is 31.5 Å². The standard InChI is InChI=1S/C16H24N5O4.3C4H9.Sn/c1-3-25-15(22)13-8-12-6-10(7-14-17-19-20-18-14)4-5-11(12)9-21(13)16(23)24-2;3*1-3-4-2;/h10-13H,3-9H2,1-2H3;3*1,3-4H2,2H3;/q-1;;;;+1/t10-,11-,12+,13-;;;;/m0..../s1/i14-1;;;;. The van der Waals surface area contributed by atoms with Crippen molar-refractivity contribution in [2.24, 2.45) is 17.8 Å². The molecule has 0 N–H and O–H groups in total. The molecule has 1 amide bonds. The summed E-state index contributed by atoms with van der Waals surface area (Å²) in [5, 5.41) is 14.4. The molecule has 2 heterocycles. The van der Waals surface area contributed by atoms with Gasteiger partial charge >= 0.3 is 221 Å². The number of unbranched alkanes of at least 4 members (excludes halogenated alkanes) is 3. The van der Waals surface area contributed by atoms with Crippen LogP contribution < -0.4 is 0 Å². The molecule has 1 saturated carbocycles. The minimum atomic E-state index is -2.75. The Kier molecular flexibility index (Phi) is 12.6. The van der Waals surface area contributed by atoms with Gasteiger partial charge in [0.05, 0.1) is 7.11 Å². The topological polar surface area (TPSA) is 99.4 Å². The van der Waals surface area contributed by atoms with Gasteiger partial charge in [-0.15, -0.1) is 0 Å². The van der Waals surface area contributed by atoms with Gasteiger partial charge in [-0.2, -0.15) is 0 Å². The van der Waals surface area contributed by atoms with Crippen LogP contribution in [0, 0.1) is 17.8 Å². The average Bonchev–Trinajstić information content (AvgIpc) is 3.40. The van der Waals surface area contributed by atoms with E-state index < -0.39 is 30.8 Å². The molecule has 3 rings (SSSR count). The molecule has 4 atom stereocenters. The van der Waals surface area contributed by atoms with Crippen molar-refractivity contribution in [1.29, 1.82) is 0 Å². The van der Waals surface area contributed by atoms with E-state index in [1.165, 1.54) is 58.9 Å². The number of piperidine rings is 1. The molecule has 216 valence electrons. The Hall–Kier alpha value is -1.39. The third-order valence-electron chi connectivity index (χ3n) is 8.89. The van der Waals surface area contributed by atoms with Crippen LogP contribution in [-0.4, -0.2) is 80.3 Å². The van der Waals surface area contributed by atoms with Gasteiger partial charge in [0.1, 0.15) is 0 Å². The number of rotatable bonds is 14. The zero-order chi connectivity index (χ0) is 27.5. The van der Waals surface area contributed by atoms with E-state index >= 15 is 0 Å². The van der Waals surface area contributed by atoms with Gasteiger partial charge in [-0.3, -0.25) is 0 Å². The van der Waals surface area contributed by atoms with Crippen LogP contribution >= 0.6 is 0 Å². The molecule has 1 aromatic heterocycles. The van der Waals surface area contributed by atoms with Crippen molar-refractivity contribution in [1.82, 2.24) is 23.3 Å². The summed E-state index contributed by atoms with van der Waals surface area (Å²) in [5.41, 5.74) is 0. The second-order valence-corrected chi connectivity index (χ2v) is 24.0. The molecular formula is C28H51N5O4Sn. The number of aromatic nitrogens is 4. The molecule has 10 heteroatoms. The molecule has 1 saturated heterocycles. The maximum atomic E-state index is 12.7. The molecule has 1 aromatic rings. The summed E-state index contributed by atoms with van der Waals surface area (Å²) in [6.45, 7) is 9.53. The van der Waals surface area contributed by atoms with Crippen LogP contribution in [0.1, 0.15) is 97.7 Å². The monoisotopic (exact) mass is 640 g/mol. The summed E-state index contributed by atoms with van der Waals surface area (Å²) in [4.78, 5) is 26.7. The van der Waals surface area contributed by atoms with Crippen molar-refractivity contribution in [3.63, 3.8) is 0 Å². The molecule has 0 spiro atoms. The Morgan fingerprint density at radius 1 is 0.947 bits per heavy atom. The first-order valence-electron chi connectivity index (χ1n) is 15.2. The second-order valence-electron chi connectivity index (χ2n) is 11.6. The molecule has 38 heavy (non-hydrogen) atoms. The van der Waals surface area contributed by atoms with Crippen LogP contribution in [0.4, 0.5) is 4.79 Å². The zero-order valence-electron chi connectivity index (χ0n) is 24.5. The van der Waals surface area contributed by atoms with Crippen molar-refractivity contribution in [2.75, 3.05) is 20.3 Å². The Bertz CT molecular complexity index is 859. The predicted octanol–water partition coefficient (Wildman–Crippen LogP) is 5.85. The summed E-state index contributed by atoms with van der Waals surface area (Å²) < 4.78 is 16.5. The summed E-state index contributed by atoms with van der Waals surface area (Å²) >= 11 is -2.75. The van der Waals surface area contributed by atoms with Gasteiger partial charge in [-0.25, -0.2) is 0 Å². The number of hydrogen-bond acceptors (Lipinski definition) is 7. The Balaban J connectivity index is 1.70. The zero-order valence-corrected chi connectivity index (χ0v) is 27.3. The van der Waals surface area contributed by atoms with Gasteiger partial charge in [-0.1, -0.05) is 0 Å². The number of hydrogen-bond donors (Lipinski definition) is 0.